The Balaban J connectivity index is 1.89. The number of alkyl halides is 1. The Bertz CT molecular complexity index is 708. The van der Waals surface area contributed by atoms with E-state index in [2.05, 4.69) is 0 Å². The summed E-state index contributed by atoms with van der Waals surface area (Å²) >= 11 is 12.1. The summed E-state index contributed by atoms with van der Waals surface area (Å²) in [6.07, 6.45) is -1.43. The third kappa shape index (κ3) is 3.00. The molecule has 3 unspecified atom stereocenters. The maximum Gasteiger partial charge on any atom is 0.410 e. The van der Waals surface area contributed by atoms with Gasteiger partial charge in [0, 0.05) is 17.4 Å². The number of fused-ring (bicyclic) bond motifs is 1. The fourth-order valence-electron chi connectivity index (χ4n) is 3.98. The summed E-state index contributed by atoms with van der Waals surface area (Å²) in [4.78, 5) is 13.7. The summed E-state index contributed by atoms with van der Waals surface area (Å²) in [5.41, 5.74) is -1.50. The summed E-state index contributed by atoms with van der Waals surface area (Å²) in [6, 6.07) is 5.06. The molecule has 0 radical (unpaired) electrons. The van der Waals surface area contributed by atoms with Crippen molar-refractivity contribution >= 4 is 29.3 Å². The molecule has 1 heterocycles. The molecular weight excluding hydrogens is 368 g/mol. The molecule has 0 spiro atoms. The standard InChI is InChI=1S/C18H22Cl2FNO3/c1-16(2,3)25-15(24)22-7-14(21)18(8-17(18,9-22)10-23)11-4-5-12(19)13(20)6-11/h4-6,14,23H,7-10H2,1-3H3. The minimum atomic E-state index is -1.32. The van der Waals surface area contributed by atoms with E-state index in [9.17, 15) is 9.90 Å². The van der Waals surface area contributed by atoms with Crippen LogP contribution < -0.4 is 0 Å². The van der Waals surface area contributed by atoms with E-state index in [4.69, 9.17) is 27.9 Å². The van der Waals surface area contributed by atoms with Gasteiger partial charge in [0.1, 0.15) is 11.8 Å². The van der Waals surface area contributed by atoms with Crippen molar-refractivity contribution < 1.29 is 19.0 Å². The molecule has 0 bridgehead atoms. The molecule has 138 valence electrons. The number of carbonyl (C=O) groups excluding carboxylic acids is 1. The second-order valence-corrected chi connectivity index (χ2v) is 8.86. The van der Waals surface area contributed by atoms with Crippen molar-refractivity contribution in [2.45, 2.75) is 44.4 Å². The molecule has 0 aromatic heterocycles. The zero-order valence-electron chi connectivity index (χ0n) is 14.5. The van der Waals surface area contributed by atoms with E-state index in [0.29, 0.717) is 22.0 Å². The number of likely N-dealkylation sites (tertiary alicyclic amines) is 1. The van der Waals surface area contributed by atoms with E-state index in [-0.39, 0.29) is 19.7 Å². The molecule has 1 saturated heterocycles. The van der Waals surface area contributed by atoms with Crippen LogP contribution in [0.3, 0.4) is 0 Å². The van der Waals surface area contributed by atoms with Crippen LogP contribution in [0.25, 0.3) is 0 Å². The fraction of sp³-hybridized carbons (Fsp3) is 0.611. The molecular formula is C18H22Cl2FNO3. The topological polar surface area (TPSA) is 49.8 Å². The lowest BCUT2D eigenvalue weighted by atomic mass is 9.79. The van der Waals surface area contributed by atoms with Crippen molar-refractivity contribution in [1.82, 2.24) is 4.90 Å². The quantitative estimate of drug-likeness (QED) is 0.824. The molecule has 2 fully saturated rings. The van der Waals surface area contributed by atoms with Crippen LogP contribution >= 0.6 is 23.2 Å². The molecule has 1 aromatic rings. The second kappa shape index (κ2) is 6.00. The van der Waals surface area contributed by atoms with Crippen molar-refractivity contribution in [3.8, 4) is 0 Å². The van der Waals surface area contributed by atoms with Gasteiger partial charge >= 0.3 is 6.09 Å². The average Bonchev–Trinajstić information content (AvgIpc) is 3.20. The molecule has 1 aromatic carbocycles. The molecule has 1 amide bonds. The van der Waals surface area contributed by atoms with Gasteiger partial charge in [-0.15, -0.1) is 0 Å². The minimum Gasteiger partial charge on any atom is -0.444 e. The lowest BCUT2D eigenvalue weighted by molar-refractivity contribution is -0.00655. The number of piperidine rings is 1. The Morgan fingerprint density at radius 1 is 1.40 bits per heavy atom. The van der Waals surface area contributed by atoms with Gasteiger partial charge < -0.3 is 14.7 Å². The summed E-state index contributed by atoms with van der Waals surface area (Å²) in [6.45, 7) is 5.26. The van der Waals surface area contributed by atoms with Crippen LogP contribution in [0.15, 0.2) is 18.2 Å². The van der Waals surface area contributed by atoms with Crippen LogP contribution in [0.2, 0.25) is 10.0 Å². The van der Waals surface area contributed by atoms with E-state index < -0.39 is 28.7 Å². The van der Waals surface area contributed by atoms with E-state index >= 15 is 4.39 Å². The largest absolute Gasteiger partial charge is 0.444 e. The Morgan fingerprint density at radius 3 is 2.64 bits per heavy atom. The third-order valence-corrected chi connectivity index (χ3v) is 5.98. The molecule has 1 aliphatic heterocycles. The molecule has 3 rings (SSSR count). The fourth-order valence-corrected chi connectivity index (χ4v) is 4.28. The van der Waals surface area contributed by atoms with Crippen molar-refractivity contribution in [2.75, 3.05) is 19.7 Å². The number of hydrogen-bond acceptors (Lipinski definition) is 3. The van der Waals surface area contributed by atoms with Crippen LogP contribution in [-0.4, -0.2) is 47.6 Å². The zero-order chi connectivity index (χ0) is 18.6. The SMILES string of the molecule is CC(C)(C)OC(=O)N1CC(F)C2(c3ccc(Cl)c(Cl)c3)CC2(CO)C1. The predicted octanol–water partition coefficient (Wildman–Crippen LogP) is 4.20. The van der Waals surface area contributed by atoms with Gasteiger partial charge in [-0.3, -0.25) is 0 Å². The van der Waals surface area contributed by atoms with Gasteiger partial charge in [0.05, 0.1) is 23.2 Å². The monoisotopic (exact) mass is 389 g/mol. The highest BCUT2D eigenvalue weighted by Gasteiger charge is 2.74. The lowest BCUT2D eigenvalue weighted by Gasteiger charge is -2.40. The molecule has 1 aliphatic carbocycles. The van der Waals surface area contributed by atoms with Crippen LogP contribution in [-0.2, 0) is 10.2 Å². The highest BCUT2D eigenvalue weighted by Crippen LogP contribution is 2.69. The van der Waals surface area contributed by atoms with E-state index in [1.165, 1.54) is 4.90 Å². The van der Waals surface area contributed by atoms with Crippen molar-refractivity contribution in [2.24, 2.45) is 5.41 Å². The average molecular weight is 390 g/mol. The summed E-state index contributed by atoms with van der Waals surface area (Å²) in [7, 11) is 0. The number of rotatable bonds is 2. The summed E-state index contributed by atoms with van der Waals surface area (Å²) < 4.78 is 20.6. The highest BCUT2D eigenvalue weighted by molar-refractivity contribution is 6.42. The van der Waals surface area contributed by atoms with Gasteiger partial charge in [-0.1, -0.05) is 29.3 Å². The first-order valence-corrected chi connectivity index (χ1v) is 8.99. The molecule has 1 N–H and O–H groups in total. The van der Waals surface area contributed by atoms with E-state index in [1.54, 1.807) is 39.0 Å². The number of aliphatic hydroxyl groups is 1. The maximum atomic E-state index is 15.2. The smallest absolute Gasteiger partial charge is 0.410 e. The molecule has 2 aliphatic rings. The number of amides is 1. The van der Waals surface area contributed by atoms with Gasteiger partial charge in [-0.25, -0.2) is 9.18 Å². The first kappa shape index (κ1) is 18.7. The predicted molar refractivity (Wildman–Crippen MR) is 95.0 cm³/mol. The number of halogens is 3. The van der Waals surface area contributed by atoms with E-state index in [0.717, 1.165) is 0 Å². The number of nitrogens with zero attached hydrogens (tertiary/aromatic N) is 1. The molecule has 25 heavy (non-hydrogen) atoms. The van der Waals surface area contributed by atoms with Gasteiger partial charge in [-0.05, 0) is 44.9 Å². The Kier molecular flexibility index (Phi) is 4.50. The van der Waals surface area contributed by atoms with Gasteiger partial charge in [0.15, 0.2) is 0 Å². The Morgan fingerprint density at radius 2 is 2.08 bits per heavy atom. The van der Waals surface area contributed by atoms with Crippen LogP contribution in [0, 0.1) is 5.41 Å². The van der Waals surface area contributed by atoms with Gasteiger partial charge in [-0.2, -0.15) is 0 Å². The number of aliphatic hydroxyl groups excluding tert-OH is 1. The van der Waals surface area contributed by atoms with E-state index in [1.807, 2.05) is 0 Å². The molecule has 7 heteroatoms. The first-order chi connectivity index (χ1) is 11.5. The van der Waals surface area contributed by atoms with Crippen LogP contribution in [0.1, 0.15) is 32.8 Å². The molecule has 4 nitrogen and oxygen atoms in total. The maximum absolute atomic E-state index is 15.2. The number of hydrogen-bond donors (Lipinski definition) is 1. The number of ether oxygens (including phenoxy) is 1. The minimum absolute atomic E-state index is 0.0725. The van der Waals surface area contributed by atoms with Crippen LogP contribution in [0.4, 0.5) is 9.18 Å². The number of carbonyl (C=O) groups is 1. The number of benzene rings is 1. The normalized spacial score (nSPS) is 31.5. The van der Waals surface area contributed by atoms with Gasteiger partial charge in [0.2, 0.25) is 0 Å². The zero-order valence-corrected chi connectivity index (χ0v) is 16.0. The van der Waals surface area contributed by atoms with Gasteiger partial charge in [0.25, 0.3) is 0 Å². The third-order valence-electron chi connectivity index (χ3n) is 5.24. The van der Waals surface area contributed by atoms with Crippen molar-refractivity contribution in [3.63, 3.8) is 0 Å². The van der Waals surface area contributed by atoms with Crippen molar-refractivity contribution in [1.29, 1.82) is 0 Å². The second-order valence-electron chi connectivity index (χ2n) is 8.04. The molecule has 3 atom stereocenters. The van der Waals surface area contributed by atoms with Crippen LogP contribution in [0.5, 0.6) is 0 Å². The van der Waals surface area contributed by atoms with Crippen molar-refractivity contribution in [3.05, 3.63) is 33.8 Å². The lowest BCUT2D eigenvalue weighted by Crippen LogP contribution is -2.53. The Hall–Kier alpha value is -1.04. The summed E-state index contributed by atoms with van der Waals surface area (Å²) in [5.74, 6) is 0. The summed E-state index contributed by atoms with van der Waals surface area (Å²) in [5, 5.41) is 10.7. The Labute approximate surface area is 156 Å². The first-order valence-electron chi connectivity index (χ1n) is 8.23. The molecule has 1 saturated carbocycles. The highest BCUT2D eigenvalue weighted by atomic mass is 35.5.